The molecule has 0 aromatic carbocycles. The average molecular weight is 230 g/mol. The van der Waals surface area contributed by atoms with E-state index < -0.39 is 0 Å². The van der Waals surface area contributed by atoms with Crippen LogP contribution < -0.4 is 5.32 Å². The van der Waals surface area contributed by atoms with Crippen molar-refractivity contribution in [3.63, 3.8) is 0 Å². The smallest absolute Gasteiger partial charge is 0.0632 e. The first-order valence-corrected chi connectivity index (χ1v) is 4.62. The summed E-state index contributed by atoms with van der Waals surface area (Å²) in [6, 6.07) is 0. The molecule has 0 atom stereocenters. The highest BCUT2D eigenvalue weighted by atomic mass is 79.9. The SMILES string of the molecule is C=CCNCCn1cc(Br)cn1. The fourth-order valence-electron chi connectivity index (χ4n) is 0.858. The van der Waals surface area contributed by atoms with Gasteiger partial charge in [-0.2, -0.15) is 5.10 Å². The Morgan fingerprint density at radius 1 is 1.75 bits per heavy atom. The van der Waals surface area contributed by atoms with Crippen molar-refractivity contribution in [2.45, 2.75) is 6.54 Å². The molecule has 12 heavy (non-hydrogen) atoms. The van der Waals surface area contributed by atoms with E-state index in [1.807, 2.05) is 17.0 Å². The quantitative estimate of drug-likeness (QED) is 0.612. The van der Waals surface area contributed by atoms with Gasteiger partial charge in [0.05, 0.1) is 17.2 Å². The highest BCUT2D eigenvalue weighted by Crippen LogP contribution is 2.05. The predicted molar refractivity (Wildman–Crippen MR) is 53.0 cm³/mol. The summed E-state index contributed by atoms with van der Waals surface area (Å²) in [6.45, 7) is 6.27. The predicted octanol–water partition coefficient (Wildman–Crippen LogP) is 1.42. The lowest BCUT2D eigenvalue weighted by molar-refractivity contribution is 0.573. The van der Waals surface area contributed by atoms with Crippen molar-refractivity contribution in [1.82, 2.24) is 15.1 Å². The molecular weight excluding hydrogens is 218 g/mol. The normalized spacial score (nSPS) is 10.1. The first kappa shape index (κ1) is 9.48. The Bertz CT molecular complexity index is 244. The lowest BCUT2D eigenvalue weighted by atomic mass is 10.5. The van der Waals surface area contributed by atoms with Crippen LogP contribution in [0.2, 0.25) is 0 Å². The average Bonchev–Trinajstić information content (AvgIpc) is 2.45. The van der Waals surface area contributed by atoms with Gasteiger partial charge in [0.2, 0.25) is 0 Å². The molecule has 0 amide bonds. The van der Waals surface area contributed by atoms with Crippen molar-refractivity contribution in [3.05, 3.63) is 29.5 Å². The second kappa shape index (κ2) is 5.11. The maximum atomic E-state index is 4.12. The van der Waals surface area contributed by atoms with Gasteiger partial charge in [0.1, 0.15) is 0 Å². The summed E-state index contributed by atoms with van der Waals surface area (Å²) in [4.78, 5) is 0. The van der Waals surface area contributed by atoms with Crippen LogP contribution in [0.15, 0.2) is 29.5 Å². The Kier molecular flexibility index (Phi) is 4.04. The fourth-order valence-corrected chi connectivity index (χ4v) is 1.19. The van der Waals surface area contributed by atoms with Gasteiger partial charge in [0.15, 0.2) is 0 Å². The third kappa shape index (κ3) is 3.19. The minimum atomic E-state index is 0.850. The van der Waals surface area contributed by atoms with Crippen molar-refractivity contribution >= 4 is 15.9 Å². The zero-order valence-corrected chi connectivity index (χ0v) is 8.42. The molecule has 1 aromatic heterocycles. The van der Waals surface area contributed by atoms with Crippen LogP contribution in [0.25, 0.3) is 0 Å². The molecule has 0 bridgehead atoms. The molecule has 3 nitrogen and oxygen atoms in total. The number of halogens is 1. The van der Waals surface area contributed by atoms with E-state index in [2.05, 4.69) is 32.9 Å². The van der Waals surface area contributed by atoms with E-state index in [0.29, 0.717) is 0 Å². The molecule has 1 N–H and O–H groups in total. The van der Waals surface area contributed by atoms with E-state index in [-0.39, 0.29) is 0 Å². The molecule has 1 rings (SSSR count). The van der Waals surface area contributed by atoms with Crippen molar-refractivity contribution in [2.24, 2.45) is 0 Å². The third-order valence-corrected chi connectivity index (χ3v) is 1.82. The van der Waals surface area contributed by atoms with Gasteiger partial charge in [0, 0.05) is 19.3 Å². The minimum absolute atomic E-state index is 0.850. The van der Waals surface area contributed by atoms with E-state index in [0.717, 1.165) is 24.1 Å². The van der Waals surface area contributed by atoms with Gasteiger partial charge in [-0.1, -0.05) is 6.08 Å². The van der Waals surface area contributed by atoms with Crippen LogP contribution in [0.4, 0.5) is 0 Å². The largest absolute Gasteiger partial charge is 0.311 e. The molecule has 0 fully saturated rings. The molecule has 0 saturated heterocycles. The van der Waals surface area contributed by atoms with E-state index in [9.17, 15) is 0 Å². The molecule has 1 heterocycles. The Morgan fingerprint density at radius 2 is 2.58 bits per heavy atom. The molecule has 0 aliphatic carbocycles. The molecule has 0 unspecified atom stereocenters. The summed E-state index contributed by atoms with van der Waals surface area (Å²) in [5.74, 6) is 0. The van der Waals surface area contributed by atoms with Gasteiger partial charge in [-0.05, 0) is 15.9 Å². The molecule has 4 heteroatoms. The van der Waals surface area contributed by atoms with Crippen LogP contribution in [0.3, 0.4) is 0 Å². The molecule has 0 saturated carbocycles. The van der Waals surface area contributed by atoms with Crippen LogP contribution in [-0.2, 0) is 6.54 Å². The molecule has 1 aromatic rings. The van der Waals surface area contributed by atoms with Gasteiger partial charge in [-0.15, -0.1) is 6.58 Å². The molecule has 0 spiro atoms. The number of aromatic nitrogens is 2. The van der Waals surface area contributed by atoms with Crippen LogP contribution in [0, 0.1) is 0 Å². The zero-order valence-electron chi connectivity index (χ0n) is 6.83. The van der Waals surface area contributed by atoms with Crippen molar-refractivity contribution in [1.29, 1.82) is 0 Å². The first-order chi connectivity index (χ1) is 5.83. The Labute approximate surface area is 80.6 Å². The van der Waals surface area contributed by atoms with Crippen LogP contribution in [0.1, 0.15) is 0 Å². The lowest BCUT2D eigenvalue weighted by Gasteiger charge is -2.00. The molecule has 0 aliphatic heterocycles. The number of nitrogens with zero attached hydrogens (tertiary/aromatic N) is 2. The summed E-state index contributed by atoms with van der Waals surface area (Å²) >= 11 is 3.33. The summed E-state index contributed by atoms with van der Waals surface area (Å²) in [7, 11) is 0. The molecule has 66 valence electrons. The van der Waals surface area contributed by atoms with Gasteiger partial charge in [0.25, 0.3) is 0 Å². The van der Waals surface area contributed by atoms with Gasteiger partial charge in [-0.25, -0.2) is 0 Å². The summed E-state index contributed by atoms with van der Waals surface area (Å²) in [6.07, 6.45) is 5.59. The van der Waals surface area contributed by atoms with E-state index in [4.69, 9.17) is 0 Å². The minimum Gasteiger partial charge on any atom is -0.311 e. The van der Waals surface area contributed by atoms with Gasteiger partial charge >= 0.3 is 0 Å². The van der Waals surface area contributed by atoms with Crippen LogP contribution in [-0.4, -0.2) is 22.9 Å². The first-order valence-electron chi connectivity index (χ1n) is 3.82. The Balaban J connectivity index is 2.19. The standard InChI is InChI=1S/C8H12BrN3/c1-2-3-10-4-5-12-7-8(9)6-11-12/h2,6-7,10H,1,3-5H2. The van der Waals surface area contributed by atoms with Crippen molar-refractivity contribution in [2.75, 3.05) is 13.1 Å². The summed E-state index contributed by atoms with van der Waals surface area (Å²) < 4.78 is 2.91. The monoisotopic (exact) mass is 229 g/mol. The van der Waals surface area contributed by atoms with Crippen LogP contribution in [0.5, 0.6) is 0 Å². The zero-order chi connectivity index (χ0) is 8.81. The van der Waals surface area contributed by atoms with Crippen molar-refractivity contribution < 1.29 is 0 Å². The maximum Gasteiger partial charge on any atom is 0.0632 e. The number of hydrogen-bond donors (Lipinski definition) is 1. The molecular formula is C8H12BrN3. The Morgan fingerprint density at radius 3 is 3.17 bits per heavy atom. The fraction of sp³-hybridized carbons (Fsp3) is 0.375. The van der Waals surface area contributed by atoms with Crippen molar-refractivity contribution in [3.8, 4) is 0 Å². The highest BCUT2D eigenvalue weighted by molar-refractivity contribution is 9.10. The van der Waals surface area contributed by atoms with Gasteiger partial charge in [-0.3, -0.25) is 4.68 Å². The van der Waals surface area contributed by atoms with Crippen LogP contribution >= 0.6 is 15.9 Å². The Hall–Kier alpha value is -0.610. The molecule has 0 aliphatic rings. The van der Waals surface area contributed by atoms with Gasteiger partial charge < -0.3 is 5.32 Å². The second-order valence-electron chi connectivity index (χ2n) is 2.41. The maximum absolute atomic E-state index is 4.12. The third-order valence-electron chi connectivity index (χ3n) is 1.41. The lowest BCUT2D eigenvalue weighted by Crippen LogP contribution is -2.19. The summed E-state index contributed by atoms with van der Waals surface area (Å²) in [5.41, 5.74) is 0. The van der Waals surface area contributed by atoms with E-state index in [1.54, 1.807) is 6.20 Å². The van der Waals surface area contributed by atoms with E-state index in [1.165, 1.54) is 0 Å². The highest BCUT2D eigenvalue weighted by Gasteiger charge is 1.92. The topological polar surface area (TPSA) is 29.9 Å². The number of nitrogens with one attached hydrogen (secondary N) is 1. The molecule has 0 radical (unpaired) electrons. The summed E-state index contributed by atoms with van der Waals surface area (Å²) in [5, 5.41) is 7.32. The number of hydrogen-bond acceptors (Lipinski definition) is 2. The number of rotatable bonds is 5. The second-order valence-corrected chi connectivity index (χ2v) is 3.33. The van der Waals surface area contributed by atoms with E-state index >= 15 is 0 Å².